The highest BCUT2D eigenvalue weighted by atomic mass is 16.4. The van der Waals surface area contributed by atoms with E-state index in [4.69, 9.17) is 5.11 Å². The average Bonchev–Trinajstić information content (AvgIpc) is 2.88. The molecule has 0 aromatic carbocycles. The fraction of sp³-hybridized carbons (Fsp3) is 0.857. The summed E-state index contributed by atoms with van der Waals surface area (Å²) in [6.07, 6.45) is 8.89. The summed E-state index contributed by atoms with van der Waals surface area (Å²) in [7, 11) is 0. The zero-order valence-corrected chi connectivity index (χ0v) is 10.7. The molecule has 100 valence electrons. The lowest BCUT2D eigenvalue weighted by Gasteiger charge is -2.32. The summed E-state index contributed by atoms with van der Waals surface area (Å²) < 4.78 is 0. The van der Waals surface area contributed by atoms with E-state index in [2.05, 4.69) is 5.32 Å². The van der Waals surface area contributed by atoms with Gasteiger partial charge in [-0.25, -0.2) is 0 Å². The number of carbonyl (C=O) groups excluding carboxylic acids is 1. The molecule has 3 rings (SSSR count). The molecule has 3 saturated carbocycles. The van der Waals surface area contributed by atoms with Crippen LogP contribution in [0.1, 0.15) is 51.4 Å². The minimum Gasteiger partial charge on any atom is -0.481 e. The monoisotopic (exact) mass is 251 g/mol. The van der Waals surface area contributed by atoms with Gasteiger partial charge >= 0.3 is 5.97 Å². The predicted octanol–water partition coefficient (Wildman–Crippen LogP) is 1.94. The molecular weight excluding hydrogens is 230 g/mol. The third-order valence-corrected chi connectivity index (χ3v) is 5.28. The summed E-state index contributed by atoms with van der Waals surface area (Å²) in [6, 6.07) is 0.334. The number of carboxylic acid groups (broad SMARTS) is 1. The highest BCUT2D eigenvalue weighted by Crippen LogP contribution is 2.56. The Hall–Kier alpha value is -1.06. The average molecular weight is 251 g/mol. The minimum atomic E-state index is -0.815. The summed E-state index contributed by atoms with van der Waals surface area (Å²) in [5, 5.41) is 12.1. The summed E-state index contributed by atoms with van der Waals surface area (Å²) >= 11 is 0. The molecule has 4 heteroatoms. The summed E-state index contributed by atoms with van der Waals surface area (Å²) in [5.74, 6) is -1.54. The Balaban J connectivity index is 1.52. The Bertz CT molecular complexity index is 373. The van der Waals surface area contributed by atoms with Crippen LogP contribution in [0.3, 0.4) is 0 Å². The van der Waals surface area contributed by atoms with Gasteiger partial charge in [-0.2, -0.15) is 0 Å². The molecule has 3 aliphatic carbocycles. The molecule has 3 unspecified atom stereocenters. The maximum atomic E-state index is 12.0. The molecule has 0 saturated heterocycles. The maximum absolute atomic E-state index is 12.0. The molecule has 4 nitrogen and oxygen atoms in total. The lowest BCUT2D eigenvalue weighted by atomic mass is 9.73. The van der Waals surface area contributed by atoms with Gasteiger partial charge in [0.15, 0.2) is 0 Å². The van der Waals surface area contributed by atoms with Crippen molar-refractivity contribution in [1.29, 1.82) is 0 Å². The fourth-order valence-corrected chi connectivity index (χ4v) is 3.75. The smallest absolute Gasteiger partial charge is 0.307 e. The Morgan fingerprint density at radius 2 is 1.72 bits per heavy atom. The van der Waals surface area contributed by atoms with Gasteiger partial charge in [0, 0.05) is 6.04 Å². The van der Waals surface area contributed by atoms with Crippen molar-refractivity contribution in [2.45, 2.75) is 57.4 Å². The van der Waals surface area contributed by atoms with Crippen molar-refractivity contribution in [2.75, 3.05) is 0 Å². The molecule has 3 fully saturated rings. The molecule has 0 radical (unpaired) electrons. The lowest BCUT2D eigenvalue weighted by Crippen LogP contribution is -2.45. The van der Waals surface area contributed by atoms with E-state index in [-0.39, 0.29) is 11.8 Å². The van der Waals surface area contributed by atoms with Crippen molar-refractivity contribution >= 4 is 11.9 Å². The largest absolute Gasteiger partial charge is 0.481 e. The van der Waals surface area contributed by atoms with Gasteiger partial charge in [-0.1, -0.05) is 19.3 Å². The van der Waals surface area contributed by atoms with Crippen LogP contribution in [0.5, 0.6) is 0 Å². The van der Waals surface area contributed by atoms with E-state index in [1.165, 1.54) is 32.1 Å². The van der Waals surface area contributed by atoms with E-state index in [1.54, 1.807) is 0 Å². The van der Waals surface area contributed by atoms with Gasteiger partial charge in [0.05, 0.1) is 11.8 Å². The van der Waals surface area contributed by atoms with E-state index in [1.807, 2.05) is 0 Å². The van der Waals surface area contributed by atoms with Gasteiger partial charge < -0.3 is 10.4 Å². The second-order valence-corrected chi connectivity index (χ2v) is 6.32. The topological polar surface area (TPSA) is 66.4 Å². The van der Waals surface area contributed by atoms with E-state index in [0.29, 0.717) is 17.9 Å². The number of hydrogen-bond acceptors (Lipinski definition) is 2. The maximum Gasteiger partial charge on any atom is 0.307 e. The molecular formula is C14H21NO3. The first-order valence-corrected chi connectivity index (χ1v) is 7.16. The molecule has 0 heterocycles. The van der Waals surface area contributed by atoms with Gasteiger partial charge in [-0.3, -0.25) is 9.59 Å². The quantitative estimate of drug-likeness (QED) is 0.805. The third-order valence-electron chi connectivity index (χ3n) is 5.28. The van der Waals surface area contributed by atoms with Crippen molar-refractivity contribution in [3.63, 3.8) is 0 Å². The van der Waals surface area contributed by atoms with Crippen LogP contribution in [0.25, 0.3) is 0 Å². The van der Waals surface area contributed by atoms with Crippen LogP contribution in [-0.2, 0) is 9.59 Å². The molecule has 0 aliphatic heterocycles. The van der Waals surface area contributed by atoms with Crippen molar-refractivity contribution in [1.82, 2.24) is 5.32 Å². The molecule has 3 aliphatic rings. The van der Waals surface area contributed by atoms with Crippen LogP contribution in [0, 0.1) is 17.3 Å². The molecule has 1 spiro atoms. The van der Waals surface area contributed by atoms with E-state index in [0.717, 1.165) is 12.8 Å². The fourth-order valence-electron chi connectivity index (χ4n) is 3.75. The SMILES string of the molecule is O=C(O)C1CCC1C(=O)NC1CC12CCCCC2. The Morgan fingerprint density at radius 3 is 2.28 bits per heavy atom. The first kappa shape index (κ1) is 12.0. The first-order valence-electron chi connectivity index (χ1n) is 7.16. The Labute approximate surface area is 107 Å². The van der Waals surface area contributed by atoms with Crippen LogP contribution in [0.4, 0.5) is 0 Å². The van der Waals surface area contributed by atoms with Crippen LogP contribution in [0.15, 0.2) is 0 Å². The second-order valence-electron chi connectivity index (χ2n) is 6.32. The molecule has 0 bridgehead atoms. The summed E-state index contributed by atoms with van der Waals surface area (Å²) in [4.78, 5) is 23.0. The normalized spacial score (nSPS) is 36.8. The van der Waals surface area contributed by atoms with E-state index < -0.39 is 11.9 Å². The van der Waals surface area contributed by atoms with Crippen LogP contribution >= 0.6 is 0 Å². The van der Waals surface area contributed by atoms with Crippen LogP contribution in [-0.4, -0.2) is 23.0 Å². The molecule has 0 aromatic heterocycles. The number of hydrogen-bond donors (Lipinski definition) is 2. The number of aliphatic carboxylic acids is 1. The zero-order valence-electron chi connectivity index (χ0n) is 10.7. The highest BCUT2D eigenvalue weighted by molar-refractivity contribution is 5.86. The van der Waals surface area contributed by atoms with Crippen LogP contribution in [0.2, 0.25) is 0 Å². The number of rotatable bonds is 3. The van der Waals surface area contributed by atoms with Crippen molar-refractivity contribution < 1.29 is 14.7 Å². The van der Waals surface area contributed by atoms with Crippen LogP contribution < -0.4 is 5.32 Å². The van der Waals surface area contributed by atoms with Gasteiger partial charge in [-0.15, -0.1) is 0 Å². The number of nitrogens with one attached hydrogen (secondary N) is 1. The molecule has 0 aromatic rings. The molecule has 2 N–H and O–H groups in total. The first-order chi connectivity index (χ1) is 8.62. The van der Waals surface area contributed by atoms with Gasteiger partial charge in [0.25, 0.3) is 0 Å². The number of amides is 1. The van der Waals surface area contributed by atoms with E-state index in [9.17, 15) is 9.59 Å². The molecule has 3 atom stereocenters. The number of carboxylic acids is 1. The van der Waals surface area contributed by atoms with Gasteiger partial charge in [0.1, 0.15) is 0 Å². The molecule has 18 heavy (non-hydrogen) atoms. The van der Waals surface area contributed by atoms with E-state index >= 15 is 0 Å². The standard InChI is InChI=1S/C14H21NO3/c16-12(9-4-5-10(9)13(17)18)15-11-8-14(11)6-2-1-3-7-14/h9-11H,1-8H2,(H,15,16)(H,17,18). The summed E-state index contributed by atoms with van der Waals surface area (Å²) in [6.45, 7) is 0. The minimum absolute atomic E-state index is 0.0129. The second kappa shape index (κ2) is 4.25. The Morgan fingerprint density at radius 1 is 1.06 bits per heavy atom. The predicted molar refractivity (Wildman–Crippen MR) is 65.9 cm³/mol. The van der Waals surface area contributed by atoms with Gasteiger partial charge in [-0.05, 0) is 37.5 Å². The summed E-state index contributed by atoms with van der Waals surface area (Å²) in [5.41, 5.74) is 0.385. The van der Waals surface area contributed by atoms with Crippen molar-refractivity contribution in [3.8, 4) is 0 Å². The number of carbonyl (C=O) groups is 2. The lowest BCUT2D eigenvalue weighted by molar-refractivity contribution is -0.152. The zero-order chi connectivity index (χ0) is 12.8. The third kappa shape index (κ3) is 1.91. The van der Waals surface area contributed by atoms with Crippen molar-refractivity contribution in [3.05, 3.63) is 0 Å². The highest BCUT2D eigenvalue weighted by Gasteiger charge is 2.55. The van der Waals surface area contributed by atoms with Crippen molar-refractivity contribution in [2.24, 2.45) is 17.3 Å². The van der Waals surface area contributed by atoms with Gasteiger partial charge in [0.2, 0.25) is 5.91 Å². The molecule has 1 amide bonds. The Kier molecular flexibility index (Phi) is 2.83.